The Morgan fingerprint density at radius 3 is 3.07 bits per heavy atom. The molecule has 1 aliphatic carbocycles. The van der Waals surface area contributed by atoms with E-state index in [9.17, 15) is 5.11 Å². The van der Waals surface area contributed by atoms with Crippen LogP contribution in [0.2, 0.25) is 0 Å². The zero-order valence-corrected chi connectivity index (χ0v) is 10.4. The Morgan fingerprint density at radius 1 is 1.64 bits per heavy atom. The van der Waals surface area contributed by atoms with Crippen LogP contribution in [0.4, 0.5) is 0 Å². The average molecular weight is 259 g/mol. The molecule has 1 N–H and O–H groups in total. The summed E-state index contributed by atoms with van der Waals surface area (Å²) in [5.41, 5.74) is -0.716. The highest BCUT2D eigenvalue weighted by atomic mass is 79.9. The summed E-state index contributed by atoms with van der Waals surface area (Å²) in [6.45, 7) is 2.18. The molecule has 0 saturated heterocycles. The van der Waals surface area contributed by atoms with Crippen LogP contribution in [0.25, 0.3) is 0 Å². The van der Waals surface area contributed by atoms with E-state index in [1.807, 2.05) is 6.08 Å². The largest absolute Gasteiger partial charge is 0.380 e. The highest BCUT2D eigenvalue weighted by molar-refractivity contribution is 9.11. The molecule has 0 fully saturated rings. The Balaban J connectivity index is 2.51. The fourth-order valence-corrected chi connectivity index (χ4v) is 2.22. The minimum absolute atomic E-state index is 0.716. The van der Waals surface area contributed by atoms with Crippen molar-refractivity contribution in [1.82, 2.24) is 0 Å². The summed E-state index contributed by atoms with van der Waals surface area (Å²) in [7, 11) is 0. The molecule has 1 unspecified atom stereocenters. The highest BCUT2D eigenvalue weighted by Gasteiger charge is 2.28. The van der Waals surface area contributed by atoms with Crippen LogP contribution in [0.5, 0.6) is 0 Å². The molecule has 0 heterocycles. The Hall–Kier alpha value is -0.0800. The normalized spacial score (nSPS) is 28.1. The Morgan fingerprint density at radius 2 is 2.43 bits per heavy atom. The van der Waals surface area contributed by atoms with E-state index in [1.165, 1.54) is 12.8 Å². The lowest BCUT2D eigenvalue weighted by Gasteiger charge is -2.27. The molecule has 0 aromatic rings. The SMILES string of the molecule is CCCC/C=C/C1(O)CCCC=C1Br. The van der Waals surface area contributed by atoms with Crippen molar-refractivity contribution >= 4 is 15.9 Å². The van der Waals surface area contributed by atoms with E-state index < -0.39 is 5.60 Å². The standard InChI is InChI=1S/C12H19BrO/c1-2-3-4-6-9-12(14)10-7-5-8-11(12)13/h6,8-9,14H,2-5,7,10H2,1H3/b9-6+. The van der Waals surface area contributed by atoms with Gasteiger partial charge in [0.1, 0.15) is 5.60 Å². The van der Waals surface area contributed by atoms with Gasteiger partial charge in [-0.25, -0.2) is 0 Å². The van der Waals surface area contributed by atoms with E-state index in [0.717, 1.165) is 30.2 Å². The second-order valence-corrected chi connectivity index (χ2v) is 4.77. The predicted octanol–water partition coefficient (Wildman–Crippen LogP) is 3.93. The van der Waals surface area contributed by atoms with Gasteiger partial charge in [-0.15, -0.1) is 0 Å². The maximum absolute atomic E-state index is 10.2. The maximum Gasteiger partial charge on any atom is 0.114 e. The van der Waals surface area contributed by atoms with E-state index >= 15 is 0 Å². The molecule has 1 atom stereocenters. The second-order valence-electron chi connectivity index (χ2n) is 3.91. The third-order valence-corrected chi connectivity index (χ3v) is 3.63. The second kappa shape index (κ2) is 5.72. The summed E-state index contributed by atoms with van der Waals surface area (Å²) < 4.78 is 0.934. The molecule has 0 radical (unpaired) electrons. The molecule has 80 valence electrons. The van der Waals surface area contributed by atoms with Crippen molar-refractivity contribution in [3.8, 4) is 0 Å². The van der Waals surface area contributed by atoms with Crippen molar-refractivity contribution < 1.29 is 5.11 Å². The van der Waals surface area contributed by atoms with E-state index in [0.29, 0.717) is 0 Å². The van der Waals surface area contributed by atoms with Crippen molar-refractivity contribution in [3.05, 3.63) is 22.7 Å². The number of aliphatic hydroxyl groups is 1. The van der Waals surface area contributed by atoms with Gasteiger partial charge >= 0.3 is 0 Å². The van der Waals surface area contributed by atoms with Crippen LogP contribution in [0.15, 0.2) is 22.7 Å². The molecule has 1 nitrogen and oxygen atoms in total. The summed E-state index contributed by atoms with van der Waals surface area (Å²) in [6, 6.07) is 0. The predicted molar refractivity (Wildman–Crippen MR) is 64.5 cm³/mol. The van der Waals surface area contributed by atoms with Crippen molar-refractivity contribution in [2.24, 2.45) is 0 Å². The molecule has 0 bridgehead atoms. The smallest absolute Gasteiger partial charge is 0.114 e. The van der Waals surface area contributed by atoms with Gasteiger partial charge in [0.15, 0.2) is 0 Å². The molecular weight excluding hydrogens is 240 g/mol. The molecule has 14 heavy (non-hydrogen) atoms. The first-order valence-electron chi connectivity index (χ1n) is 5.45. The highest BCUT2D eigenvalue weighted by Crippen LogP contribution is 2.34. The third kappa shape index (κ3) is 3.25. The number of rotatable bonds is 4. The number of hydrogen-bond acceptors (Lipinski definition) is 1. The van der Waals surface area contributed by atoms with Crippen LogP contribution in [0, 0.1) is 0 Å². The van der Waals surface area contributed by atoms with E-state index in [2.05, 4.69) is 35.0 Å². The first-order valence-corrected chi connectivity index (χ1v) is 6.24. The van der Waals surface area contributed by atoms with Gasteiger partial charge in [0.25, 0.3) is 0 Å². The van der Waals surface area contributed by atoms with E-state index in [-0.39, 0.29) is 0 Å². The average Bonchev–Trinajstić information content (AvgIpc) is 2.18. The summed E-state index contributed by atoms with van der Waals surface area (Å²) in [5.74, 6) is 0. The first kappa shape index (κ1) is 12.0. The van der Waals surface area contributed by atoms with Gasteiger partial charge in [-0.2, -0.15) is 0 Å². The monoisotopic (exact) mass is 258 g/mol. The number of hydrogen-bond donors (Lipinski definition) is 1. The van der Waals surface area contributed by atoms with Crippen LogP contribution in [-0.2, 0) is 0 Å². The lowest BCUT2D eigenvalue weighted by Crippen LogP contribution is -2.28. The summed E-state index contributed by atoms with van der Waals surface area (Å²) in [4.78, 5) is 0. The molecule has 0 amide bonds. The van der Waals surface area contributed by atoms with Crippen molar-refractivity contribution in [3.63, 3.8) is 0 Å². The fourth-order valence-electron chi connectivity index (χ4n) is 1.66. The van der Waals surface area contributed by atoms with Crippen LogP contribution in [0.1, 0.15) is 45.4 Å². The Kier molecular flexibility index (Phi) is 4.90. The zero-order valence-electron chi connectivity index (χ0n) is 8.80. The molecule has 0 spiro atoms. The van der Waals surface area contributed by atoms with Gasteiger partial charge in [0.2, 0.25) is 0 Å². The van der Waals surface area contributed by atoms with Crippen LogP contribution in [-0.4, -0.2) is 10.7 Å². The summed E-state index contributed by atoms with van der Waals surface area (Å²) in [5, 5.41) is 10.2. The molecular formula is C12H19BrO. The molecule has 2 heteroatoms. The topological polar surface area (TPSA) is 20.2 Å². The van der Waals surface area contributed by atoms with E-state index in [1.54, 1.807) is 0 Å². The minimum atomic E-state index is -0.716. The van der Waals surface area contributed by atoms with Gasteiger partial charge in [0.05, 0.1) is 0 Å². The van der Waals surface area contributed by atoms with Gasteiger partial charge < -0.3 is 5.11 Å². The minimum Gasteiger partial charge on any atom is -0.380 e. The molecule has 0 aromatic carbocycles. The van der Waals surface area contributed by atoms with Crippen molar-refractivity contribution in [1.29, 1.82) is 0 Å². The lowest BCUT2D eigenvalue weighted by atomic mass is 9.90. The zero-order chi connectivity index (χ0) is 10.4. The fraction of sp³-hybridized carbons (Fsp3) is 0.667. The van der Waals surface area contributed by atoms with Crippen molar-refractivity contribution in [2.45, 2.75) is 51.0 Å². The quantitative estimate of drug-likeness (QED) is 0.599. The Labute approximate surface area is 95.0 Å². The van der Waals surface area contributed by atoms with Crippen LogP contribution in [0.3, 0.4) is 0 Å². The first-order chi connectivity index (χ1) is 6.69. The van der Waals surface area contributed by atoms with Crippen LogP contribution < -0.4 is 0 Å². The number of unbranched alkanes of at least 4 members (excludes halogenated alkanes) is 2. The molecule has 0 saturated carbocycles. The van der Waals surface area contributed by atoms with Crippen molar-refractivity contribution in [2.75, 3.05) is 0 Å². The number of halogens is 1. The lowest BCUT2D eigenvalue weighted by molar-refractivity contribution is 0.121. The van der Waals surface area contributed by atoms with Gasteiger partial charge in [0, 0.05) is 4.48 Å². The van der Waals surface area contributed by atoms with Crippen LogP contribution >= 0.6 is 15.9 Å². The van der Waals surface area contributed by atoms with Gasteiger partial charge in [-0.3, -0.25) is 0 Å². The number of allylic oxidation sites excluding steroid dienone is 2. The third-order valence-electron chi connectivity index (χ3n) is 2.62. The molecule has 1 rings (SSSR count). The van der Waals surface area contributed by atoms with E-state index in [4.69, 9.17) is 0 Å². The van der Waals surface area contributed by atoms with Gasteiger partial charge in [-0.05, 0) is 25.7 Å². The molecule has 0 aromatic heterocycles. The molecule has 0 aliphatic heterocycles. The molecule has 1 aliphatic rings. The van der Waals surface area contributed by atoms with Gasteiger partial charge in [-0.1, -0.05) is 53.9 Å². The Bertz CT molecular complexity index is 232. The maximum atomic E-state index is 10.2. The summed E-state index contributed by atoms with van der Waals surface area (Å²) >= 11 is 3.44. The summed E-state index contributed by atoms with van der Waals surface area (Å²) in [6.07, 6.45) is 12.6.